The largest absolute Gasteiger partial charge is 0.326 e. The first-order chi connectivity index (χ1) is 13.0. The Labute approximate surface area is 161 Å². The van der Waals surface area contributed by atoms with E-state index in [0.717, 1.165) is 24.3 Å². The number of nitrogens with zero attached hydrogens (tertiary/aromatic N) is 2. The van der Waals surface area contributed by atoms with Gasteiger partial charge in [-0.1, -0.05) is 38.1 Å². The van der Waals surface area contributed by atoms with E-state index < -0.39 is 0 Å². The molecule has 4 heteroatoms. The number of anilines is 2. The van der Waals surface area contributed by atoms with Crippen LogP contribution in [0.4, 0.5) is 16.2 Å². The lowest BCUT2D eigenvalue weighted by Crippen LogP contribution is -2.37. The van der Waals surface area contributed by atoms with E-state index >= 15 is 0 Å². The number of carbonyl (C=O) groups excluding carboxylic acids is 1. The summed E-state index contributed by atoms with van der Waals surface area (Å²) >= 11 is 0. The molecule has 140 valence electrons. The van der Waals surface area contributed by atoms with Crippen molar-refractivity contribution in [3.63, 3.8) is 0 Å². The van der Waals surface area contributed by atoms with E-state index in [2.05, 4.69) is 54.4 Å². The van der Waals surface area contributed by atoms with Gasteiger partial charge >= 0.3 is 6.03 Å². The highest BCUT2D eigenvalue weighted by Gasteiger charge is 2.38. The van der Waals surface area contributed by atoms with Gasteiger partial charge in [-0.2, -0.15) is 0 Å². The van der Waals surface area contributed by atoms with Crippen molar-refractivity contribution in [2.45, 2.75) is 44.6 Å². The third kappa shape index (κ3) is 2.74. The molecule has 5 rings (SSSR count). The first-order valence-corrected chi connectivity index (χ1v) is 10.1. The van der Waals surface area contributed by atoms with Gasteiger partial charge in [0.25, 0.3) is 0 Å². The van der Waals surface area contributed by atoms with Gasteiger partial charge in [0.1, 0.15) is 0 Å². The Morgan fingerprint density at radius 3 is 2.89 bits per heavy atom. The van der Waals surface area contributed by atoms with Crippen molar-refractivity contribution in [1.82, 2.24) is 4.90 Å². The number of hydrogen-bond acceptors (Lipinski definition) is 2. The minimum Gasteiger partial charge on any atom is -0.308 e. The molecule has 2 amide bonds. The standard InChI is InChI=1S/C23H27N3O/c1-23(2)15-26(21-7-4-3-6-19(21)23)22(27)24-17-9-10-18-16(14-17)11-13-25-12-5-8-20(18)25/h3-4,6-7,9-10,14,20H,5,8,11-13,15H2,1-2H3,(H,24,27). The number of benzene rings is 2. The highest BCUT2D eigenvalue weighted by molar-refractivity contribution is 6.03. The maximum Gasteiger partial charge on any atom is 0.326 e. The molecular formula is C23H27N3O. The Kier molecular flexibility index (Phi) is 3.80. The summed E-state index contributed by atoms with van der Waals surface area (Å²) < 4.78 is 0. The number of nitrogens with one attached hydrogen (secondary N) is 1. The fourth-order valence-electron chi connectivity index (χ4n) is 5.15. The van der Waals surface area contributed by atoms with Crippen LogP contribution in [0.5, 0.6) is 0 Å². The maximum atomic E-state index is 13.0. The molecule has 27 heavy (non-hydrogen) atoms. The van der Waals surface area contributed by atoms with Crippen LogP contribution in [0.3, 0.4) is 0 Å². The van der Waals surface area contributed by atoms with E-state index in [0.29, 0.717) is 12.6 Å². The molecule has 2 aromatic carbocycles. The van der Waals surface area contributed by atoms with E-state index in [1.165, 1.54) is 36.1 Å². The topological polar surface area (TPSA) is 35.6 Å². The number of fused-ring (bicyclic) bond motifs is 4. The van der Waals surface area contributed by atoms with Crippen LogP contribution in [0, 0.1) is 0 Å². The lowest BCUT2D eigenvalue weighted by molar-refractivity contribution is 0.244. The van der Waals surface area contributed by atoms with Crippen molar-refractivity contribution in [2.24, 2.45) is 0 Å². The first kappa shape index (κ1) is 16.8. The Morgan fingerprint density at radius 1 is 1.15 bits per heavy atom. The predicted molar refractivity (Wildman–Crippen MR) is 110 cm³/mol. The minimum atomic E-state index is -0.0359. The van der Waals surface area contributed by atoms with Gasteiger partial charge < -0.3 is 5.32 Å². The molecule has 3 aliphatic heterocycles. The number of para-hydroxylation sites is 1. The number of carbonyl (C=O) groups is 1. The van der Waals surface area contributed by atoms with Crippen molar-refractivity contribution in [1.29, 1.82) is 0 Å². The van der Waals surface area contributed by atoms with Gasteiger partial charge in [0.05, 0.1) is 0 Å². The average Bonchev–Trinajstić information content (AvgIpc) is 3.24. The lowest BCUT2D eigenvalue weighted by atomic mass is 9.87. The predicted octanol–water partition coefficient (Wildman–Crippen LogP) is 4.71. The van der Waals surface area contributed by atoms with Crippen molar-refractivity contribution in [3.05, 3.63) is 59.2 Å². The number of rotatable bonds is 1. The Hall–Kier alpha value is -2.33. The summed E-state index contributed by atoms with van der Waals surface area (Å²) in [6.07, 6.45) is 3.64. The molecule has 0 aliphatic carbocycles. The van der Waals surface area contributed by atoms with Gasteiger partial charge in [-0.3, -0.25) is 9.80 Å². The van der Waals surface area contributed by atoms with Crippen LogP contribution in [0.1, 0.15) is 49.4 Å². The number of urea groups is 1. The molecule has 3 aliphatic rings. The molecule has 0 spiro atoms. The second-order valence-electron chi connectivity index (χ2n) is 8.77. The normalized spacial score (nSPS) is 22.9. The first-order valence-electron chi connectivity index (χ1n) is 10.1. The van der Waals surface area contributed by atoms with Gasteiger partial charge in [0.2, 0.25) is 0 Å². The summed E-state index contributed by atoms with van der Waals surface area (Å²) in [6.45, 7) is 7.48. The fraction of sp³-hybridized carbons (Fsp3) is 0.435. The van der Waals surface area contributed by atoms with Crippen LogP contribution >= 0.6 is 0 Å². The smallest absolute Gasteiger partial charge is 0.308 e. The van der Waals surface area contributed by atoms with Crippen molar-refractivity contribution >= 4 is 17.4 Å². The fourth-order valence-corrected chi connectivity index (χ4v) is 5.15. The van der Waals surface area contributed by atoms with E-state index in [-0.39, 0.29) is 11.4 Å². The quantitative estimate of drug-likeness (QED) is 0.798. The van der Waals surface area contributed by atoms with Crippen molar-refractivity contribution < 1.29 is 4.79 Å². The lowest BCUT2D eigenvalue weighted by Gasteiger charge is -2.32. The van der Waals surface area contributed by atoms with Gasteiger partial charge in [0.15, 0.2) is 0 Å². The Bertz CT molecular complexity index is 904. The van der Waals surface area contributed by atoms with E-state index in [4.69, 9.17) is 0 Å². The number of amides is 2. The molecule has 1 saturated heterocycles. The van der Waals surface area contributed by atoms with Crippen molar-refractivity contribution in [3.8, 4) is 0 Å². The van der Waals surface area contributed by atoms with E-state index in [9.17, 15) is 4.79 Å². The van der Waals surface area contributed by atoms with Crippen LogP contribution in [-0.4, -0.2) is 30.6 Å². The highest BCUT2D eigenvalue weighted by atomic mass is 16.2. The molecule has 4 nitrogen and oxygen atoms in total. The minimum absolute atomic E-state index is 0.0181. The monoisotopic (exact) mass is 361 g/mol. The van der Waals surface area contributed by atoms with Gasteiger partial charge in [-0.05, 0) is 60.7 Å². The maximum absolute atomic E-state index is 13.0. The summed E-state index contributed by atoms with van der Waals surface area (Å²) in [4.78, 5) is 17.5. The third-order valence-corrected chi connectivity index (χ3v) is 6.51. The zero-order valence-corrected chi connectivity index (χ0v) is 16.2. The van der Waals surface area contributed by atoms with Gasteiger partial charge in [0, 0.05) is 35.9 Å². The van der Waals surface area contributed by atoms with E-state index in [1.54, 1.807) is 0 Å². The van der Waals surface area contributed by atoms with Gasteiger partial charge in [-0.25, -0.2) is 4.79 Å². The molecule has 0 radical (unpaired) electrons. The second kappa shape index (κ2) is 6.10. The van der Waals surface area contributed by atoms with E-state index in [1.807, 2.05) is 17.0 Å². The van der Waals surface area contributed by atoms with Crippen LogP contribution in [0.15, 0.2) is 42.5 Å². The SMILES string of the molecule is CC1(C)CN(C(=O)Nc2ccc3c(c2)CCN2CCCC32)c2ccccc21. The van der Waals surface area contributed by atoms with Crippen molar-refractivity contribution in [2.75, 3.05) is 29.9 Å². The summed E-state index contributed by atoms with van der Waals surface area (Å²) in [5.41, 5.74) is 6.02. The molecule has 0 saturated carbocycles. The Morgan fingerprint density at radius 2 is 2.00 bits per heavy atom. The van der Waals surface area contributed by atoms with Crippen LogP contribution < -0.4 is 10.2 Å². The zero-order chi connectivity index (χ0) is 18.6. The summed E-state index contributed by atoms with van der Waals surface area (Å²) in [7, 11) is 0. The molecule has 1 unspecified atom stereocenters. The molecule has 3 heterocycles. The van der Waals surface area contributed by atoms with Crippen LogP contribution in [0.2, 0.25) is 0 Å². The molecule has 2 aromatic rings. The van der Waals surface area contributed by atoms with Crippen LogP contribution in [0.25, 0.3) is 0 Å². The molecular weight excluding hydrogens is 334 g/mol. The zero-order valence-electron chi connectivity index (χ0n) is 16.2. The highest BCUT2D eigenvalue weighted by Crippen LogP contribution is 2.41. The second-order valence-corrected chi connectivity index (χ2v) is 8.77. The molecule has 1 fully saturated rings. The molecule has 0 aromatic heterocycles. The Balaban J connectivity index is 1.38. The van der Waals surface area contributed by atoms with Crippen LogP contribution in [-0.2, 0) is 11.8 Å². The molecule has 1 N–H and O–H groups in total. The summed E-state index contributed by atoms with van der Waals surface area (Å²) in [6, 6.07) is 15.3. The average molecular weight is 361 g/mol. The summed E-state index contributed by atoms with van der Waals surface area (Å²) in [5, 5.41) is 3.15. The molecule has 0 bridgehead atoms. The number of hydrogen-bond donors (Lipinski definition) is 1. The third-order valence-electron chi connectivity index (χ3n) is 6.51. The molecule has 1 atom stereocenters. The van der Waals surface area contributed by atoms with Gasteiger partial charge in [-0.15, -0.1) is 0 Å². The summed E-state index contributed by atoms with van der Waals surface area (Å²) in [5.74, 6) is 0.